The minimum absolute atomic E-state index is 0.0210. The second-order valence-electron chi connectivity index (χ2n) is 21.1. The van der Waals surface area contributed by atoms with Crippen LogP contribution in [0.2, 0.25) is 5.02 Å². The molecule has 7 rings (SSSR count). The molecule has 1 saturated carbocycles. The lowest BCUT2D eigenvalue weighted by Crippen LogP contribution is -2.74. The Morgan fingerprint density at radius 2 is 1.69 bits per heavy atom. The Labute approximate surface area is 425 Å². The first-order valence-corrected chi connectivity index (χ1v) is 25.4. The average Bonchev–Trinajstić information content (AvgIpc) is 3.96. The molecule has 2 aromatic heterocycles. The fraction of sp³-hybridized carbons (Fsp3) is 0.509. The number of nitrogens with one attached hydrogen (secondary N) is 3. The van der Waals surface area contributed by atoms with Crippen molar-refractivity contribution in [2.75, 3.05) is 64.0 Å². The number of pyridine rings is 1. The summed E-state index contributed by atoms with van der Waals surface area (Å²) in [5.41, 5.74) is 2.19. The Balaban J connectivity index is 0.838. The fourth-order valence-corrected chi connectivity index (χ4v) is 11.6. The molecule has 0 unspecified atom stereocenters. The molecule has 2 saturated heterocycles. The Bertz CT molecular complexity index is 2570. The number of rotatable bonds is 17. The Kier molecular flexibility index (Phi) is 16.5. The number of aliphatic hydroxyl groups excluding tert-OH is 2. The van der Waals surface area contributed by atoms with Crippen molar-refractivity contribution < 1.29 is 38.9 Å². The molecule has 4 atom stereocenters. The molecule has 4 amide bonds. The number of ether oxygens (including phenoxy) is 2. The van der Waals surface area contributed by atoms with E-state index >= 15 is 0 Å². The first kappa shape index (κ1) is 53.2. The second kappa shape index (κ2) is 22.0. The van der Waals surface area contributed by atoms with Crippen LogP contribution in [0.1, 0.15) is 88.0 Å². The number of β-amino-alcohol motifs (C(OH)–C–C–N with tert-alkyl or cyclic N) is 1. The van der Waals surface area contributed by atoms with Gasteiger partial charge < -0.3 is 45.4 Å². The summed E-state index contributed by atoms with van der Waals surface area (Å²) in [4.78, 5) is 66.2. The van der Waals surface area contributed by atoms with Crippen molar-refractivity contribution >= 4 is 52.4 Å². The molecule has 5 N–H and O–H groups in total. The van der Waals surface area contributed by atoms with Gasteiger partial charge in [-0.1, -0.05) is 84.3 Å². The molecular weight excluding hydrogens is 944 g/mol. The summed E-state index contributed by atoms with van der Waals surface area (Å²) >= 11 is 7.89. The number of aliphatic hydroxyl groups is 2. The van der Waals surface area contributed by atoms with Gasteiger partial charge in [-0.25, -0.2) is 4.98 Å². The van der Waals surface area contributed by atoms with E-state index in [9.17, 15) is 34.7 Å². The third-order valence-corrected chi connectivity index (χ3v) is 15.5. The van der Waals surface area contributed by atoms with E-state index in [2.05, 4.69) is 70.6 Å². The van der Waals surface area contributed by atoms with Gasteiger partial charge in [-0.15, -0.1) is 11.3 Å². The number of carbonyl (C=O) groups excluding carboxylic acids is 4. The first-order chi connectivity index (χ1) is 33.6. The van der Waals surface area contributed by atoms with Crippen molar-refractivity contribution in [2.45, 2.75) is 98.2 Å². The number of anilines is 1. The molecule has 380 valence electrons. The minimum Gasteiger partial charge on any atom is -0.489 e. The molecule has 3 fully saturated rings. The van der Waals surface area contributed by atoms with E-state index in [1.165, 1.54) is 10.5 Å². The SMILES string of the molecule is Cc1ccsc1-c1ccc([C@H](CO)NC(=O)[C@@H]2C[C@@H](O)CN2C(=O)[C@@H](NC(=O)COCCN2CCN(c3ccc(C(=O)NC4C(C)(C)C(Oc5ccc(C#N)c(Cl)c5)C4(C)C)cn3)CC2)C(C)(C)C)cc1. The van der Waals surface area contributed by atoms with Crippen LogP contribution in [0.3, 0.4) is 0 Å². The maximum absolute atomic E-state index is 14.2. The predicted molar refractivity (Wildman–Crippen MR) is 273 cm³/mol. The number of carbonyl (C=O) groups is 4. The van der Waals surface area contributed by atoms with Crippen LogP contribution in [0.15, 0.2) is 72.2 Å². The summed E-state index contributed by atoms with van der Waals surface area (Å²) < 4.78 is 12.2. The van der Waals surface area contributed by atoms with Crippen LogP contribution in [-0.4, -0.2) is 138 Å². The topological polar surface area (TPSA) is 210 Å². The molecule has 4 aromatic rings. The molecule has 0 bridgehead atoms. The summed E-state index contributed by atoms with van der Waals surface area (Å²) in [6.45, 7) is 18.8. The molecule has 0 spiro atoms. The van der Waals surface area contributed by atoms with E-state index in [0.29, 0.717) is 47.1 Å². The highest BCUT2D eigenvalue weighted by Crippen LogP contribution is 2.55. The zero-order chi connectivity index (χ0) is 51.4. The minimum atomic E-state index is -1.01. The van der Waals surface area contributed by atoms with Gasteiger partial charge >= 0.3 is 0 Å². The second-order valence-corrected chi connectivity index (χ2v) is 22.5. The third-order valence-electron chi connectivity index (χ3n) is 14.1. The molecule has 2 aliphatic heterocycles. The number of aromatic nitrogens is 1. The highest BCUT2D eigenvalue weighted by Gasteiger charge is 2.64. The van der Waals surface area contributed by atoms with Crippen LogP contribution < -0.4 is 25.6 Å². The van der Waals surface area contributed by atoms with Gasteiger partial charge in [0.15, 0.2) is 0 Å². The molecule has 1 aliphatic carbocycles. The maximum Gasteiger partial charge on any atom is 0.253 e. The molecule has 0 radical (unpaired) electrons. The number of hydrogen-bond acceptors (Lipinski definition) is 13. The number of aryl methyl sites for hydroxylation is 1. The summed E-state index contributed by atoms with van der Waals surface area (Å²) in [7, 11) is 0. The lowest BCUT2D eigenvalue weighted by atomic mass is 9.49. The quantitative estimate of drug-likeness (QED) is 0.0803. The van der Waals surface area contributed by atoms with Crippen LogP contribution in [0.4, 0.5) is 5.82 Å². The fourth-order valence-electron chi connectivity index (χ4n) is 10.4. The van der Waals surface area contributed by atoms with Crippen molar-refractivity contribution in [1.29, 1.82) is 5.26 Å². The number of thiophene rings is 1. The van der Waals surface area contributed by atoms with Crippen molar-refractivity contribution in [1.82, 2.24) is 30.7 Å². The zero-order valence-corrected chi connectivity index (χ0v) is 43.4. The summed E-state index contributed by atoms with van der Waals surface area (Å²) in [6.07, 6.45) is 0.461. The van der Waals surface area contributed by atoms with Crippen molar-refractivity contribution in [3.63, 3.8) is 0 Å². The van der Waals surface area contributed by atoms with Crippen molar-refractivity contribution in [3.8, 4) is 22.3 Å². The monoisotopic (exact) mass is 1010 g/mol. The predicted octanol–water partition coefficient (Wildman–Crippen LogP) is 5.74. The van der Waals surface area contributed by atoms with Gasteiger partial charge in [0.1, 0.15) is 42.4 Å². The normalized spacial score (nSPS) is 21.6. The van der Waals surface area contributed by atoms with Gasteiger partial charge in [0.2, 0.25) is 17.7 Å². The summed E-state index contributed by atoms with van der Waals surface area (Å²) in [5.74, 6) is -0.343. The molecule has 71 heavy (non-hydrogen) atoms. The van der Waals surface area contributed by atoms with Crippen LogP contribution in [0, 0.1) is 34.5 Å². The van der Waals surface area contributed by atoms with E-state index in [4.69, 9.17) is 21.1 Å². The number of nitriles is 1. The summed E-state index contributed by atoms with van der Waals surface area (Å²) in [5, 5.41) is 41.5. The van der Waals surface area contributed by atoms with E-state index in [0.717, 1.165) is 29.3 Å². The highest BCUT2D eigenvalue weighted by atomic mass is 35.5. The van der Waals surface area contributed by atoms with Gasteiger partial charge in [-0.2, -0.15) is 5.26 Å². The molecule has 4 heterocycles. The number of halogens is 1. The van der Waals surface area contributed by atoms with Crippen LogP contribution in [0.25, 0.3) is 10.4 Å². The Morgan fingerprint density at radius 1 is 0.986 bits per heavy atom. The molecule has 18 heteroatoms. The molecule has 16 nitrogen and oxygen atoms in total. The smallest absolute Gasteiger partial charge is 0.253 e. The Hall–Kier alpha value is -5.61. The average molecular weight is 1010 g/mol. The number of nitrogens with zero attached hydrogens (tertiary/aromatic N) is 5. The van der Waals surface area contributed by atoms with Gasteiger partial charge in [0.05, 0.1) is 41.5 Å². The van der Waals surface area contributed by atoms with Crippen LogP contribution >= 0.6 is 22.9 Å². The standard InChI is InChI=1S/C53H67ClN8O8S/c1-32-17-24-71-44(32)34-11-9-33(10-12-34)40(30-63)57-47(67)41-25-37(64)29-62(41)48(68)45(51(2,3)4)58-43(65)31-69-23-22-60-18-20-61(21-19-60)42-16-14-36(28-56-42)46(66)59-49-52(5,6)50(53(49,7)8)70-38-15-13-35(27-55)39(54)26-38/h9-17,24,26,28,37,40-41,45,49-50,63-64H,18-23,25,29-31H2,1-8H3,(H,57,67)(H,58,65)(H,59,66)/t37-,40+,41+,45-,49?,50?/m1/s1. The van der Waals surface area contributed by atoms with Gasteiger partial charge in [-0.05, 0) is 64.7 Å². The number of amides is 4. The Morgan fingerprint density at radius 3 is 2.28 bits per heavy atom. The third kappa shape index (κ3) is 12.0. The summed E-state index contributed by atoms with van der Waals surface area (Å²) in [6, 6.07) is 17.5. The number of piperazine rings is 1. The largest absolute Gasteiger partial charge is 0.489 e. The first-order valence-electron chi connectivity index (χ1n) is 24.1. The zero-order valence-electron chi connectivity index (χ0n) is 41.8. The van der Waals surface area contributed by atoms with Gasteiger partial charge in [0, 0.05) is 79.7 Å². The van der Waals surface area contributed by atoms with Crippen molar-refractivity contribution in [3.05, 3.63) is 99.5 Å². The van der Waals surface area contributed by atoms with Gasteiger partial charge in [0.25, 0.3) is 5.91 Å². The lowest BCUT2D eigenvalue weighted by molar-refractivity contribution is -0.164. The van der Waals surface area contributed by atoms with E-state index in [-0.39, 0.29) is 50.8 Å². The maximum atomic E-state index is 14.2. The highest BCUT2D eigenvalue weighted by molar-refractivity contribution is 7.13. The molecular formula is C53H67ClN8O8S. The number of hydrogen-bond donors (Lipinski definition) is 5. The van der Waals surface area contributed by atoms with E-state index in [1.54, 1.807) is 41.8 Å². The van der Waals surface area contributed by atoms with Gasteiger partial charge in [-0.3, -0.25) is 24.1 Å². The van der Waals surface area contributed by atoms with E-state index < -0.39 is 58.2 Å². The van der Waals surface area contributed by atoms with Crippen LogP contribution in [-0.2, 0) is 19.1 Å². The number of likely N-dealkylation sites (tertiary alicyclic amines) is 1. The number of benzene rings is 2. The molecule has 2 aromatic carbocycles. The van der Waals surface area contributed by atoms with Crippen LogP contribution in [0.5, 0.6) is 5.75 Å². The lowest BCUT2D eigenvalue weighted by Gasteiger charge is -2.63. The van der Waals surface area contributed by atoms with Crippen molar-refractivity contribution in [2.24, 2.45) is 16.2 Å². The van der Waals surface area contributed by atoms with E-state index in [1.807, 2.05) is 63.4 Å². The molecule has 3 aliphatic rings.